The van der Waals surface area contributed by atoms with Crippen LogP contribution in [0, 0.1) is 6.92 Å². The predicted octanol–water partition coefficient (Wildman–Crippen LogP) is 0.860. The molecule has 33 heavy (non-hydrogen) atoms. The first kappa shape index (κ1) is 24.8. The van der Waals surface area contributed by atoms with Gasteiger partial charge in [-0.25, -0.2) is 21.1 Å². The van der Waals surface area contributed by atoms with Crippen molar-refractivity contribution in [2.24, 2.45) is 0 Å². The second-order valence-corrected chi connectivity index (χ2v) is 11.9. The zero-order valence-electron chi connectivity index (χ0n) is 18.5. The monoisotopic (exact) mass is 494 g/mol. The minimum absolute atomic E-state index is 0.0220. The fourth-order valence-corrected chi connectivity index (χ4v) is 6.02. The van der Waals surface area contributed by atoms with Gasteiger partial charge in [0.25, 0.3) is 11.8 Å². The van der Waals surface area contributed by atoms with Crippen molar-refractivity contribution in [1.82, 2.24) is 19.5 Å². The minimum atomic E-state index is -3.88. The van der Waals surface area contributed by atoms with Crippen molar-refractivity contribution in [3.63, 3.8) is 0 Å². The summed E-state index contributed by atoms with van der Waals surface area (Å²) in [4.78, 5) is 25.2. The number of nitrogens with one attached hydrogen (secondary N) is 2. The second-order valence-electron chi connectivity index (χ2n) is 7.85. The van der Waals surface area contributed by atoms with Crippen molar-refractivity contribution >= 4 is 31.9 Å². The van der Waals surface area contributed by atoms with Crippen molar-refractivity contribution in [1.29, 1.82) is 0 Å². The van der Waals surface area contributed by atoms with Gasteiger partial charge in [0.2, 0.25) is 20.0 Å². The Hall–Kier alpha value is -2.80. The maximum atomic E-state index is 13.0. The topological polar surface area (TPSA) is 133 Å². The third kappa shape index (κ3) is 5.24. The van der Waals surface area contributed by atoms with Crippen LogP contribution in [0.15, 0.2) is 58.3 Å². The Kier molecular flexibility index (Phi) is 7.22. The summed E-state index contributed by atoms with van der Waals surface area (Å²) in [5.74, 6) is -1.40. The first-order chi connectivity index (χ1) is 15.4. The van der Waals surface area contributed by atoms with Gasteiger partial charge in [-0.05, 0) is 50.1 Å². The normalized spacial score (nSPS) is 17.2. The Morgan fingerprint density at radius 3 is 2.27 bits per heavy atom. The lowest BCUT2D eigenvalue weighted by Crippen LogP contribution is -2.51. The van der Waals surface area contributed by atoms with Gasteiger partial charge in [-0.15, -0.1) is 0 Å². The summed E-state index contributed by atoms with van der Waals surface area (Å²) >= 11 is 0. The number of hydrogen-bond donors (Lipinski definition) is 2. The van der Waals surface area contributed by atoms with Crippen LogP contribution in [0.1, 0.15) is 28.8 Å². The third-order valence-electron chi connectivity index (χ3n) is 5.31. The van der Waals surface area contributed by atoms with E-state index in [1.54, 1.807) is 12.1 Å². The number of sulfonamides is 2. The molecule has 2 aromatic carbocycles. The number of aryl methyl sites for hydroxylation is 1. The molecule has 2 N–H and O–H groups in total. The fourth-order valence-electron chi connectivity index (χ4n) is 3.42. The van der Waals surface area contributed by atoms with Crippen LogP contribution >= 0.6 is 0 Å². The molecule has 1 aliphatic rings. The molecule has 0 radical (unpaired) electrons. The molecule has 0 aromatic heterocycles. The van der Waals surface area contributed by atoms with Crippen LogP contribution in [-0.4, -0.2) is 63.9 Å². The average molecular weight is 495 g/mol. The molecule has 3 rings (SSSR count). The molecule has 0 aliphatic carbocycles. The minimum Gasteiger partial charge on any atom is -0.271 e. The molecule has 1 atom stereocenters. The summed E-state index contributed by atoms with van der Waals surface area (Å²) in [6.07, 6.45) is 0.810. The molecule has 178 valence electrons. The summed E-state index contributed by atoms with van der Waals surface area (Å²) in [5, 5.41) is 0. The molecule has 1 fully saturated rings. The van der Waals surface area contributed by atoms with Gasteiger partial charge in [0.1, 0.15) is 6.04 Å². The molecule has 12 heteroatoms. The van der Waals surface area contributed by atoms with Gasteiger partial charge in [-0.1, -0.05) is 23.8 Å². The van der Waals surface area contributed by atoms with Gasteiger partial charge in [-0.3, -0.25) is 20.4 Å². The quantitative estimate of drug-likeness (QED) is 0.573. The van der Waals surface area contributed by atoms with Crippen molar-refractivity contribution in [3.05, 3.63) is 59.7 Å². The number of hydrazine groups is 1. The van der Waals surface area contributed by atoms with Crippen LogP contribution < -0.4 is 10.9 Å². The standard InChI is InChI=1S/C21H26N4O6S2/c1-15-9-11-17(12-10-15)33(30,31)25-13-5-8-19(25)21(27)23-22-20(26)16-6-4-7-18(14-16)32(28,29)24(2)3/h4,6-7,9-12,14,19H,5,8,13H2,1-3H3,(H,22,26)(H,23,27)/t19-/m0/s1. The fraction of sp³-hybridized carbons (Fsp3) is 0.333. The molecule has 1 saturated heterocycles. The second kappa shape index (κ2) is 9.59. The number of amides is 2. The first-order valence-electron chi connectivity index (χ1n) is 10.2. The number of carbonyl (C=O) groups is 2. The summed E-state index contributed by atoms with van der Waals surface area (Å²) in [7, 11) is -4.87. The Balaban J connectivity index is 1.70. The van der Waals surface area contributed by atoms with Crippen molar-refractivity contribution < 1.29 is 26.4 Å². The number of carbonyl (C=O) groups excluding carboxylic acids is 2. The molecule has 1 heterocycles. The highest BCUT2D eigenvalue weighted by Crippen LogP contribution is 2.26. The van der Waals surface area contributed by atoms with Crippen molar-refractivity contribution in [3.8, 4) is 0 Å². The summed E-state index contributed by atoms with van der Waals surface area (Å²) < 4.78 is 52.7. The van der Waals surface area contributed by atoms with E-state index in [0.717, 1.165) is 14.2 Å². The summed E-state index contributed by atoms with van der Waals surface area (Å²) in [6.45, 7) is 2.03. The summed E-state index contributed by atoms with van der Waals surface area (Å²) in [5.41, 5.74) is 5.43. The van der Waals surface area contributed by atoms with Crippen molar-refractivity contribution in [2.75, 3.05) is 20.6 Å². The Bertz CT molecular complexity index is 1260. The number of nitrogens with zero attached hydrogens (tertiary/aromatic N) is 2. The van der Waals surface area contributed by atoms with E-state index in [-0.39, 0.29) is 21.9 Å². The van der Waals surface area contributed by atoms with Crippen LogP contribution in [0.5, 0.6) is 0 Å². The van der Waals surface area contributed by atoms with Crippen molar-refractivity contribution in [2.45, 2.75) is 35.6 Å². The smallest absolute Gasteiger partial charge is 0.269 e. The molecular formula is C21H26N4O6S2. The van der Waals surface area contributed by atoms with Crippen LogP contribution in [0.4, 0.5) is 0 Å². The number of benzene rings is 2. The van der Waals surface area contributed by atoms with E-state index in [2.05, 4.69) is 10.9 Å². The van der Waals surface area contributed by atoms with Gasteiger partial charge >= 0.3 is 0 Å². The molecule has 2 amide bonds. The Labute approximate surface area is 193 Å². The number of rotatable bonds is 6. The largest absolute Gasteiger partial charge is 0.271 e. The van der Waals surface area contributed by atoms with E-state index in [1.165, 1.54) is 50.5 Å². The predicted molar refractivity (Wildman–Crippen MR) is 121 cm³/mol. The van der Waals surface area contributed by atoms with E-state index in [0.29, 0.717) is 12.8 Å². The van der Waals surface area contributed by atoms with Crippen LogP contribution in [-0.2, 0) is 24.8 Å². The van der Waals surface area contributed by atoms with Crippen LogP contribution in [0.3, 0.4) is 0 Å². The lowest BCUT2D eigenvalue weighted by Gasteiger charge is -2.23. The molecular weight excluding hydrogens is 468 g/mol. The van der Waals surface area contributed by atoms with E-state index < -0.39 is 37.9 Å². The molecule has 10 nitrogen and oxygen atoms in total. The molecule has 1 aliphatic heterocycles. The number of hydrogen-bond acceptors (Lipinski definition) is 6. The zero-order chi connectivity index (χ0) is 24.4. The van der Waals surface area contributed by atoms with Crippen LogP contribution in [0.2, 0.25) is 0 Å². The van der Waals surface area contributed by atoms with Gasteiger partial charge in [-0.2, -0.15) is 4.31 Å². The molecule has 2 aromatic rings. The van der Waals surface area contributed by atoms with E-state index in [9.17, 15) is 26.4 Å². The third-order valence-corrected chi connectivity index (χ3v) is 9.04. The van der Waals surface area contributed by atoms with Gasteiger partial charge in [0.15, 0.2) is 0 Å². The highest BCUT2D eigenvalue weighted by Gasteiger charge is 2.39. The van der Waals surface area contributed by atoms with E-state index in [1.807, 2.05) is 6.92 Å². The maximum absolute atomic E-state index is 13.0. The maximum Gasteiger partial charge on any atom is 0.269 e. The van der Waals surface area contributed by atoms with Crippen LogP contribution in [0.25, 0.3) is 0 Å². The van der Waals surface area contributed by atoms with E-state index in [4.69, 9.17) is 0 Å². The average Bonchev–Trinajstić information content (AvgIpc) is 3.28. The molecule has 0 unspecified atom stereocenters. The molecule has 0 spiro atoms. The highest BCUT2D eigenvalue weighted by molar-refractivity contribution is 7.89. The van der Waals surface area contributed by atoms with Gasteiger partial charge in [0, 0.05) is 26.2 Å². The Morgan fingerprint density at radius 2 is 1.64 bits per heavy atom. The highest BCUT2D eigenvalue weighted by atomic mass is 32.2. The lowest BCUT2D eigenvalue weighted by molar-refractivity contribution is -0.125. The zero-order valence-corrected chi connectivity index (χ0v) is 20.1. The van der Waals surface area contributed by atoms with Gasteiger partial charge < -0.3 is 0 Å². The summed E-state index contributed by atoms with van der Waals surface area (Å²) in [6, 6.07) is 10.8. The SMILES string of the molecule is Cc1ccc(S(=O)(=O)N2CCC[C@H]2C(=O)NNC(=O)c2cccc(S(=O)(=O)N(C)C)c2)cc1. The van der Waals surface area contributed by atoms with E-state index >= 15 is 0 Å². The Morgan fingerprint density at radius 1 is 0.970 bits per heavy atom. The lowest BCUT2D eigenvalue weighted by atomic mass is 10.2. The van der Waals surface area contributed by atoms with Gasteiger partial charge in [0.05, 0.1) is 9.79 Å². The molecule has 0 saturated carbocycles. The first-order valence-corrected chi connectivity index (χ1v) is 13.0. The molecule has 0 bridgehead atoms.